The summed E-state index contributed by atoms with van der Waals surface area (Å²) in [5, 5.41) is 9.67. The molecule has 2 aliphatic rings. The molecule has 1 amide bonds. The summed E-state index contributed by atoms with van der Waals surface area (Å²) in [6.45, 7) is 5.33. The minimum Gasteiger partial charge on any atom is -0.497 e. The van der Waals surface area contributed by atoms with Crippen LogP contribution in [0.3, 0.4) is 0 Å². The standard InChI is InChI=1S/C25H27N5O3S2/c1-16-19(22(28(3)23(31)20(16)14-26)29-11-9-27(2)10-12-29)13-21-24(32)30(25(34)35-21)15-17-5-7-18(33-4)8-6-17/h5-8,13H,9-12,15H2,1-4H3. The molecule has 2 aromatic rings. The summed E-state index contributed by atoms with van der Waals surface area (Å²) in [4.78, 5) is 32.7. The Labute approximate surface area is 214 Å². The van der Waals surface area contributed by atoms with E-state index in [1.54, 1.807) is 32.1 Å². The van der Waals surface area contributed by atoms with Gasteiger partial charge < -0.3 is 14.5 Å². The van der Waals surface area contributed by atoms with Crippen molar-refractivity contribution in [2.24, 2.45) is 7.05 Å². The Kier molecular flexibility index (Phi) is 7.31. The van der Waals surface area contributed by atoms with E-state index < -0.39 is 0 Å². The molecule has 0 N–H and O–H groups in total. The maximum absolute atomic E-state index is 13.4. The summed E-state index contributed by atoms with van der Waals surface area (Å²) in [6, 6.07) is 9.56. The number of thiocarbonyl (C=S) groups is 1. The number of carbonyl (C=O) groups is 1. The van der Waals surface area contributed by atoms with Crippen LogP contribution in [0.4, 0.5) is 5.82 Å². The average Bonchev–Trinajstić information content (AvgIpc) is 3.11. The van der Waals surface area contributed by atoms with Crippen molar-refractivity contribution in [1.29, 1.82) is 5.26 Å². The Hall–Kier alpha value is -3.13. The van der Waals surface area contributed by atoms with Crippen LogP contribution in [0.1, 0.15) is 22.3 Å². The van der Waals surface area contributed by atoms with E-state index in [9.17, 15) is 14.9 Å². The zero-order valence-corrected chi connectivity index (χ0v) is 21.8. The first-order chi connectivity index (χ1) is 16.7. The predicted octanol–water partition coefficient (Wildman–Crippen LogP) is 2.73. The minimum atomic E-state index is -0.330. The third-order valence-corrected chi connectivity index (χ3v) is 7.80. The molecule has 8 nitrogen and oxygen atoms in total. The van der Waals surface area contributed by atoms with Crippen molar-refractivity contribution in [2.45, 2.75) is 13.5 Å². The second-order valence-electron chi connectivity index (χ2n) is 8.62. The molecule has 0 saturated carbocycles. The number of nitriles is 1. The summed E-state index contributed by atoms with van der Waals surface area (Å²) < 4.78 is 7.21. The highest BCUT2D eigenvalue weighted by atomic mass is 32.2. The van der Waals surface area contributed by atoms with Crippen LogP contribution in [0.25, 0.3) is 6.08 Å². The molecule has 2 aliphatic heterocycles. The van der Waals surface area contributed by atoms with Crippen molar-refractivity contribution in [2.75, 3.05) is 45.2 Å². The SMILES string of the molecule is COc1ccc(CN2C(=O)C(=Cc3c(C)c(C#N)c(=O)n(C)c3N3CCN(C)CC3)SC2=S)cc1. The number of aromatic nitrogens is 1. The summed E-state index contributed by atoms with van der Waals surface area (Å²) in [5.41, 5.74) is 1.98. The molecule has 1 aromatic carbocycles. The van der Waals surface area contributed by atoms with Gasteiger partial charge in [0.1, 0.15) is 27.5 Å². The lowest BCUT2D eigenvalue weighted by molar-refractivity contribution is -0.122. The van der Waals surface area contributed by atoms with Gasteiger partial charge >= 0.3 is 0 Å². The van der Waals surface area contributed by atoms with Gasteiger partial charge in [0.2, 0.25) is 0 Å². The molecule has 0 radical (unpaired) electrons. The highest BCUT2D eigenvalue weighted by Crippen LogP contribution is 2.36. The van der Waals surface area contributed by atoms with Gasteiger partial charge in [-0.3, -0.25) is 19.1 Å². The number of rotatable bonds is 5. The van der Waals surface area contributed by atoms with E-state index in [1.165, 1.54) is 16.3 Å². The second-order valence-corrected chi connectivity index (χ2v) is 10.3. The summed E-state index contributed by atoms with van der Waals surface area (Å²) in [7, 11) is 5.36. The fourth-order valence-electron chi connectivity index (χ4n) is 4.29. The zero-order chi connectivity index (χ0) is 25.3. The topological polar surface area (TPSA) is 81.8 Å². The zero-order valence-electron chi connectivity index (χ0n) is 20.2. The van der Waals surface area contributed by atoms with Crippen molar-refractivity contribution < 1.29 is 9.53 Å². The molecule has 182 valence electrons. The van der Waals surface area contributed by atoms with Gasteiger partial charge in [0, 0.05) is 38.8 Å². The van der Waals surface area contributed by atoms with Crippen LogP contribution in [0.2, 0.25) is 0 Å². The number of hydrogen-bond acceptors (Lipinski definition) is 8. The first-order valence-corrected chi connectivity index (χ1v) is 12.4. The van der Waals surface area contributed by atoms with Crippen LogP contribution in [-0.4, -0.2) is 64.9 Å². The van der Waals surface area contributed by atoms with Gasteiger partial charge in [-0.1, -0.05) is 36.1 Å². The third kappa shape index (κ3) is 4.85. The fourth-order valence-corrected chi connectivity index (χ4v) is 5.53. The highest BCUT2D eigenvalue weighted by Gasteiger charge is 2.33. The Morgan fingerprint density at radius 3 is 2.40 bits per heavy atom. The first kappa shape index (κ1) is 25.0. The molecule has 0 bridgehead atoms. The maximum Gasteiger partial charge on any atom is 0.270 e. The molecule has 35 heavy (non-hydrogen) atoms. The normalized spacial score (nSPS) is 17.9. The monoisotopic (exact) mass is 509 g/mol. The second kappa shape index (κ2) is 10.2. The maximum atomic E-state index is 13.4. The van der Waals surface area contributed by atoms with Crippen LogP contribution >= 0.6 is 24.0 Å². The van der Waals surface area contributed by atoms with Gasteiger partial charge in [-0.25, -0.2) is 0 Å². The number of hydrogen-bond donors (Lipinski definition) is 0. The van der Waals surface area contributed by atoms with Gasteiger partial charge in [-0.2, -0.15) is 5.26 Å². The molecule has 2 fully saturated rings. The van der Waals surface area contributed by atoms with Crippen molar-refractivity contribution in [1.82, 2.24) is 14.4 Å². The number of thioether (sulfide) groups is 1. The lowest BCUT2D eigenvalue weighted by Crippen LogP contribution is -2.46. The number of likely N-dealkylation sites (N-methyl/N-ethyl adjacent to an activating group) is 1. The molecule has 4 rings (SSSR count). The molecule has 2 saturated heterocycles. The lowest BCUT2D eigenvalue weighted by Gasteiger charge is -2.36. The van der Waals surface area contributed by atoms with Crippen molar-refractivity contribution in [3.63, 3.8) is 0 Å². The average molecular weight is 510 g/mol. The smallest absolute Gasteiger partial charge is 0.270 e. The number of carbonyl (C=O) groups excluding carboxylic acids is 1. The number of pyridine rings is 1. The molecule has 0 aliphatic carbocycles. The Morgan fingerprint density at radius 2 is 1.80 bits per heavy atom. The van der Waals surface area contributed by atoms with Crippen LogP contribution < -0.4 is 15.2 Å². The van der Waals surface area contributed by atoms with E-state index in [0.29, 0.717) is 26.9 Å². The molecule has 3 heterocycles. The number of piperazine rings is 1. The first-order valence-electron chi connectivity index (χ1n) is 11.2. The third-order valence-electron chi connectivity index (χ3n) is 6.42. The van der Waals surface area contributed by atoms with Crippen LogP contribution in [0.5, 0.6) is 5.75 Å². The molecular weight excluding hydrogens is 482 g/mol. The number of benzene rings is 1. The largest absolute Gasteiger partial charge is 0.497 e. The molecule has 0 unspecified atom stereocenters. The Bertz CT molecular complexity index is 1300. The van der Waals surface area contributed by atoms with Crippen LogP contribution in [-0.2, 0) is 18.4 Å². The molecule has 1 aromatic heterocycles. The molecular formula is C25H27N5O3S2. The predicted molar refractivity (Wildman–Crippen MR) is 143 cm³/mol. The van der Waals surface area contributed by atoms with E-state index in [-0.39, 0.29) is 17.0 Å². The minimum absolute atomic E-state index is 0.0883. The summed E-state index contributed by atoms with van der Waals surface area (Å²) in [5.74, 6) is 1.28. The van der Waals surface area contributed by atoms with E-state index in [0.717, 1.165) is 43.3 Å². The van der Waals surface area contributed by atoms with Crippen LogP contribution in [0.15, 0.2) is 34.0 Å². The Balaban J connectivity index is 1.73. The number of ether oxygens (including phenoxy) is 1. The highest BCUT2D eigenvalue weighted by molar-refractivity contribution is 8.26. The van der Waals surface area contributed by atoms with Crippen molar-refractivity contribution >= 4 is 46.1 Å². The number of amides is 1. The lowest BCUT2D eigenvalue weighted by atomic mass is 10.0. The summed E-state index contributed by atoms with van der Waals surface area (Å²) >= 11 is 6.78. The molecule has 10 heteroatoms. The fraction of sp³-hybridized carbons (Fsp3) is 0.360. The number of anilines is 1. The van der Waals surface area contributed by atoms with E-state index >= 15 is 0 Å². The quantitative estimate of drug-likeness (QED) is 0.450. The summed E-state index contributed by atoms with van der Waals surface area (Å²) in [6.07, 6.45) is 1.79. The molecule has 0 spiro atoms. The van der Waals surface area contributed by atoms with E-state index in [2.05, 4.69) is 22.9 Å². The number of nitrogens with zero attached hydrogens (tertiary/aromatic N) is 5. The van der Waals surface area contributed by atoms with Gasteiger partial charge in [0.15, 0.2) is 0 Å². The van der Waals surface area contributed by atoms with Gasteiger partial charge in [0.25, 0.3) is 11.5 Å². The van der Waals surface area contributed by atoms with E-state index in [4.69, 9.17) is 17.0 Å². The van der Waals surface area contributed by atoms with Crippen molar-refractivity contribution in [3.8, 4) is 11.8 Å². The van der Waals surface area contributed by atoms with Gasteiger partial charge in [-0.15, -0.1) is 0 Å². The van der Waals surface area contributed by atoms with Gasteiger partial charge in [0.05, 0.1) is 18.6 Å². The van der Waals surface area contributed by atoms with Gasteiger partial charge in [-0.05, 0) is 43.3 Å². The van der Waals surface area contributed by atoms with Crippen molar-refractivity contribution in [3.05, 3.63) is 61.8 Å². The van der Waals surface area contributed by atoms with E-state index in [1.807, 2.05) is 24.3 Å². The Morgan fingerprint density at radius 1 is 1.14 bits per heavy atom. The van der Waals surface area contributed by atoms with Crippen LogP contribution in [0, 0.1) is 18.3 Å². The number of methoxy groups -OCH3 is 1. The molecule has 0 atom stereocenters.